The van der Waals surface area contributed by atoms with Crippen LogP contribution in [0.2, 0.25) is 5.02 Å². The van der Waals surface area contributed by atoms with Crippen LogP contribution in [-0.2, 0) is 14.8 Å². The van der Waals surface area contributed by atoms with Crippen molar-refractivity contribution in [3.05, 3.63) is 47.0 Å². The first-order valence-electron chi connectivity index (χ1n) is 7.21. The van der Waals surface area contributed by atoms with E-state index in [1.807, 2.05) is 0 Å². The number of esters is 1. The number of benzene rings is 2. The number of hydrogen-bond donors (Lipinski definition) is 1. The quantitative estimate of drug-likeness (QED) is 0.816. The van der Waals surface area contributed by atoms with Gasteiger partial charge in [0.25, 0.3) is 10.0 Å². The fourth-order valence-corrected chi connectivity index (χ4v) is 3.56. The van der Waals surface area contributed by atoms with Crippen LogP contribution < -0.4 is 14.2 Å². The maximum atomic E-state index is 12.5. The van der Waals surface area contributed by atoms with E-state index >= 15 is 0 Å². The molecule has 2 aromatic carbocycles. The first-order chi connectivity index (χ1) is 11.9. The third-order valence-corrected chi connectivity index (χ3v) is 5.16. The van der Waals surface area contributed by atoms with Gasteiger partial charge >= 0.3 is 5.97 Å². The van der Waals surface area contributed by atoms with Crippen LogP contribution in [-0.4, -0.2) is 34.7 Å². The molecule has 0 spiro atoms. The lowest BCUT2D eigenvalue weighted by atomic mass is 10.2. The number of carbonyl (C=O) groups is 1. The summed E-state index contributed by atoms with van der Waals surface area (Å²) in [5.74, 6) is 0.322. The van der Waals surface area contributed by atoms with Crippen LogP contribution in [0, 0.1) is 0 Å². The third-order valence-electron chi connectivity index (χ3n) is 3.46. The summed E-state index contributed by atoms with van der Waals surface area (Å²) in [6.45, 7) is 0.775. The van der Waals surface area contributed by atoms with Crippen molar-refractivity contribution in [3.63, 3.8) is 0 Å². The second kappa shape index (κ2) is 6.81. The lowest BCUT2D eigenvalue weighted by Crippen LogP contribution is -2.17. The Morgan fingerprint density at radius 1 is 1.12 bits per heavy atom. The highest BCUT2D eigenvalue weighted by Crippen LogP contribution is 2.38. The molecule has 0 saturated heterocycles. The summed E-state index contributed by atoms with van der Waals surface area (Å²) in [7, 11) is -2.65. The molecule has 0 amide bonds. The number of methoxy groups -OCH3 is 1. The van der Waals surface area contributed by atoms with E-state index in [0.717, 1.165) is 0 Å². The molecule has 1 heterocycles. The van der Waals surface area contributed by atoms with E-state index in [-0.39, 0.29) is 21.2 Å². The fourth-order valence-electron chi connectivity index (χ4n) is 2.23. The van der Waals surface area contributed by atoms with Gasteiger partial charge in [-0.2, -0.15) is 0 Å². The van der Waals surface area contributed by atoms with Crippen LogP contribution in [0.5, 0.6) is 11.5 Å². The van der Waals surface area contributed by atoms with Gasteiger partial charge in [-0.1, -0.05) is 11.6 Å². The van der Waals surface area contributed by atoms with Crippen molar-refractivity contribution in [1.29, 1.82) is 0 Å². The van der Waals surface area contributed by atoms with Gasteiger partial charge in [0.15, 0.2) is 11.5 Å². The smallest absolute Gasteiger partial charge is 0.337 e. The predicted octanol–water partition coefficient (Wildman–Crippen LogP) is 2.70. The Hall–Kier alpha value is -2.45. The highest BCUT2D eigenvalue weighted by atomic mass is 35.5. The minimum atomic E-state index is -3.89. The van der Waals surface area contributed by atoms with Gasteiger partial charge in [0.05, 0.1) is 28.3 Å². The number of anilines is 1. The van der Waals surface area contributed by atoms with Gasteiger partial charge in [-0.15, -0.1) is 0 Å². The van der Waals surface area contributed by atoms with E-state index in [1.54, 1.807) is 0 Å². The molecule has 0 radical (unpaired) electrons. The molecule has 0 aromatic heterocycles. The Bertz CT molecular complexity index is 911. The minimum absolute atomic E-state index is 0.0221. The molecular formula is C16H14ClNO6S. The summed E-state index contributed by atoms with van der Waals surface area (Å²) in [6, 6.07) is 8.31. The maximum absolute atomic E-state index is 12.5. The Morgan fingerprint density at radius 2 is 1.72 bits per heavy atom. The Balaban J connectivity index is 1.87. The molecule has 0 aliphatic carbocycles. The molecule has 25 heavy (non-hydrogen) atoms. The van der Waals surface area contributed by atoms with Crippen molar-refractivity contribution in [2.24, 2.45) is 0 Å². The fraction of sp³-hybridized carbons (Fsp3) is 0.188. The van der Waals surface area contributed by atoms with Gasteiger partial charge in [0.1, 0.15) is 13.2 Å². The van der Waals surface area contributed by atoms with Crippen molar-refractivity contribution in [3.8, 4) is 11.5 Å². The number of nitrogens with one attached hydrogen (secondary N) is 1. The summed E-state index contributed by atoms with van der Waals surface area (Å²) in [4.78, 5) is 11.4. The van der Waals surface area contributed by atoms with Crippen molar-refractivity contribution < 1.29 is 27.4 Å². The molecule has 9 heteroatoms. The second-order valence-electron chi connectivity index (χ2n) is 5.10. The summed E-state index contributed by atoms with van der Waals surface area (Å²) < 4.78 is 42.8. The van der Waals surface area contributed by atoms with E-state index in [4.69, 9.17) is 21.1 Å². The molecule has 1 aliphatic heterocycles. The molecular weight excluding hydrogens is 370 g/mol. The van der Waals surface area contributed by atoms with Gasteiger partial charge in [0, 0.05) is 12.1 Å². The number of carbonyl (C=O) groups excluding carboxylic acids is 1. The SMILES string of the molecule is COC(=O)c1ccc(S(=O)(=O)Nc2cc3c(cc2Cl)OCCO3)cc1. The molecule has 0 atom stereocenters. The largest absolute Gasteiger partial charge is 0.486 e. The Morgan fingerprint density at radius 3 is 2.32 bits per heavy atom. The van der Waals surface area contributed by atoms with E-state index in [0.29, 0.717) is 24.7 Å². The van der Waals surface area contributed by atoms with E-state index in [1.165, 1.54) is 43.5 Å². The van der Waals surface area contributed by atoms with Gasteiger partial charge in [0.2, 0.25) is 0 Å². The second-order valence-corrected chi connectivity index (χ2v) is 7.19. The lowest BCUT2D eigenvalue weighted by molar-refractivity contribution is 0.0600. The lowest BCUT2D eigenvalue weighted by Gasteiger charge is -2.20. The summed E-state index contributed by atoms with van der Waals surface area (Å²) in [5.41, 5.74) is 0.418. The zero-order valence-electron chi connectivity index (χ0n) is 13.1. The van der Waals surface area contributed by atoms with Gasteiger partial charge in [-0.3, -0.25) is 4.72 Å². The summed E-state index contributed by atoms with van der Waals surface area (Å²) in [5, 5.41) is 0.180. The molecule has 7 nitrogen and oxygen atoms in total. The molecule has 0 bridgehead atoms. The number of ether oxygens (including phenoxy) is 3. The molecule has 0 unspecified atom stereocenters. The Labute approximate surface area is 149 Å². The highest BCUT2D eigenvalue weighted by Gasteiger charge is 2.20. The molecule has 0 fully saturated rings. The van der Waals surface area contributed by atoms with E-state index < -0.39 is 16.0 Å². The van der Waals surface area contributed by atoms with Crippen LogP contribution in [0.4, 0.5) is 5.69 Å². The average molecular weight is 384 g/mol. The van der Waals surface area contributed by atoms with Crippen LogP contribution in [0.3, 0.4) is 0 Å². The van der Waals surface area contributed by atoms with Crippen molar-refractivity contribution in [2.75, 3.05) is 25.0 Å². The molecule has 1 aliphatic rings. The van der Waals surface area contributed by atoms with Crippen LogP contribution >= 0.6 is 11.6 Å². The first-order valence-corrected chi connectivity index (χ1v) is 9.07. The third kappa shape index (κ3) is 3.64. The summed E-state index contributed by atoms with van der Waals surface area (Å²) in [6.07, 6.45) is 0. The Kier molecular flexibility index (Phi) is 4.73. The molecule has 3 rings (SSSR count). The van der Waals surface area contributed by atoms with Crippen LogP contribution in [0.15, 0.2) is 41.3 Å². The highest BCUT2D eigenvalue weighted by molar-refractivity contribution is 7.92. The zero-order valence-corrected chi connectivity index (χ0v) is 14.7. The number of hydrogen-bond acceptors (Lipinski definition) is 6. The van der Waals surface area contributed by atoms with Crippen molar-refractivity contribution in [2.45, 2.75) is 4.90 Å². The van der Waals surface area contributed by atoms with Crippen LogP contribution in [0.1, 0.15) is 10.4 Å². The van der Waals surface area contributed by atoms with Crippen molar-refractivity contribution >= 4 is 33.3 Å². The van der Waals surface area contributed by atoms with Gasteiger partial charge in [-0.05, 0) is 24.3 Å². The number of fused-ring (bicyclic) bond motifs is 1. The standard InChI is InChI=1S/C16H14ClNO6S/c1-22-16(19)10-2-4-11(5-3-10)25(20,21)18-13-9-15-14(8-12(13)17)23-6-7-24-15/h2-5,8-9,18H,6-7H2,1H3. The minimum Gasteiger partial charge on any atom is -0.486 e. The predicted molar refractivity (Wildman–Crippen MR) is 91.0 cm³/mol. The molecule has 0 saturated carbocycles. The number of halogens is 1. The maximum Gasteiger partial charge on any atom is 0.337 e. The zero-order chi connectivity index (χ0) is 18.0. The van der Waals surface area contributed by atoms with Gasteiger partial charge in [-0.25, -0.2) is 13.2 Å². The van der Waals surface area contributed by atoms with E-state index in [2.05, 4.69) is 9.46 Å². The molecule has 2 aromatic rings. The van der Waals surface area contributed by atoms with Crippen molar-refractivity contribution in [1.82, 2.24) is 0 Å². The van der Waals surface area contributed by atoms with Crippen LogP contribution in [0.25, 0.3) is 0 Å². The average Bonchev–Trinajstić information content (AvgIpc) is 2.61. The van der Waals surface area contributed by atoms with Gasteiger partial charge < -0.3 is 14.2 Å². The number of rotatable bonds is 4. The number of sulfonamides is 1. The monoisotopic (exact) mass is 383 g/mol. The topological polar surface area (TPSA) is 90.9 Å². The normalized spacial score (nSPS) is 13.2. The first kappa shape index (κ1) is 17.4. The molecule has 1 N–H and O–H groups in total. The molecule has 132 valence electrons. The summed E-state index contributed by atoms with van der Waals surface area (Å²) >= 11 is 6.12. The van der Waals surface area contributed by atoms with E-state index in [9.17, 15) is 13.2 Å².